The van der Waals surface area contributed by atoms with E-state index in [0.29, 0.717) is 9.73 Å². The highest BCUT2D eigenvalue weighted by molar-refractivity contribution is 9.10. The smallest absolute Gasteiger partial charge is 0.325 e. The highest BCUT2D eigenvalue weighted by Gasteiger charge is 2.18. The van der Waals surface area contributed by atoms with E-state index in [9.17, 15) is 9.59 Å². The van der Waals surface area contributed by atoms with Gasteiger partial charge in [-0.1, -0.05) is 0 Å². The Bertz CT molecular complexity index is 391. The van der Waals surface area contributed by atoms with Crippen LogP contribution in [0.2, 0.25) is 0 Å². The summed E-state index contributed by atoms with van der Waals surface area (Å²) in [7, 11) is 2.58. The molecule has 0 amide bonds. The van der Waals surface area contributed by atoms with Crippen LogP contribution >= 0.6 is 27.3 Å². The third-order valence-corrected chi connectivity index (χ3v) is 3.44. The SMILES string of the molecule is COC(=O)CN(CC(=O)OC)c1nc(Br)cs1. The highest BCUT2D eigenvalue weighted by Crippen LogP contribution is 2.23. The minimum Gasteiger partial charge on any atom is -0.468 e. The van der Waals surface area contributed by atoms with Gasteiger partial charge in [-0.2, -0.15) is 0 Å². The van der Waals surface area contributed by atoms with Gasteiger partial charge in [0.25, 0.3) is 0 Å². The summed E-state index contributed by atoms with van der Waals surface area (Å²) in [5.41, 5.74) is 0. The number of carbonyl (C=O) groups excluding carboxylic acids is 2. The molecule has 1 aromatic rings. The molecule has 1 heterocycles. The number of ether oxygens (including phenoxy) is 2. The molecule has 94 valence electrons. The molecule has 8 heteroatoms. The third-order valence-electron chi connectivity index (χ3n) is 1.83. The van der Waals surface area contributed by atoms with Crippen LogP contribution in [0.5, 0.6) is 0 Å². The lowest BCUT2D eigenvalue weighted by atomic mass is 10.5. The summed E-state index contributed by atoms with van der Waals surface area (Å²) in [6.07, 6.45) is 0. The molecule has 6 nitrogen and oxygen atoms in total. The number of methoxy groups -OCH3 is 2. The molecule has 0 bridgehead atoms. The summed E-state index contributed by atoms with van der Waals surface area (Å²) < 4.78 is 9.76. The monoisotopic (exact) mass is 322 g/mol. The predicted octanol–water partition coefficient (Wildman–Crippen LogP) is 1.06. The number of hydrogen-bond donors (Lipinski definition) is 0. The topological polar surface area (TPSA) is 68.7 Å². The first-order chi connectivity index (χ1) is 8.06. The van der Waals surface area contributed by atoms with Crippen molar-refractivity contribution in [2.45, 2.75) is 0 Å². The zero-order valence-corrected chi connectivity index (χ0v) is 11.7. The number of carbonyl (C=O) groups is 2. The average Bonchev–Trinajstić information content (AvgIpc) is 2.74. The normalized spacial score (nSPS) is 9.82. The quantitative estimate of drug-likeness (QED) is 0.755. The summed E-state index contributed by atoms with van der Waals surface area (Å²) in [4.78, 5) is 28.1. The highest BCUT2D eigenvalue weighted by atomic mass is 79.9. The van der Waals surface area contributed by atoms with E-state index in [1.165, 1.54) is 30.5 Å². The van der Waals surface area contributed by atoms with E-state index >= 15 is 0 Å². The predicted molar refractivity (Wildman–Crippen MR) is 66.1 cm³/mol. The molecule has 0 spiro atoms. The van der Waals surface area contributed by atoms with Crippen LogP contribution in [-0.2, 0) is 19.1 Å². The van der Waals surface area contributed by atoms with Gasteiger partial charge in [0, 0.05) is 5.38 Å². The van der Waals surface area contributed by atoms with E-state index in [-0.39, 0.29) is 13.1 Å². The van der Waals surface area contributed by atoms with Gasteiger partial charge in [-0.15, -0.1) is 11.3 Å². The van der Waals surface area contributed by atoms with Crippen LogP contribution in [0.15, 0.2) is 9.98 Å². The van der Waals surface area contributed by atoms with Crippen molar-refractivity contribution in [3.8, 4) is 0 Å². The first kappa shape index (κ1) is 13.9. The van der Waals surface area contributed by atoms with Crippen molar-refractivity contribution in [2.24, 2.45) is 0 Å². The Hall–Kier alpha value is -1.15. The second kappa shape index (κ2) is 6.55. The number of hydrogen-bond acceptors (Lipinski definition) is 7. The maximum atomic E-state index is 11.2. The standard InChI is InChI=1S/C9H11BrN2O4S/c1-15-7(13)3-12(4-8(14)16-2)9-11-6(10)5-17-9/h5H,3-4H2,1-2H3. The number of rotatable bonds is 5. The summed E-state index contributed by atoms with van der Waals surface area (Å²) in [5, 5.41) is 2.31. The third kappa shape index (κ3) is 4.31. The molecular weight excluding hydrogens is 312 g/mol. The van der Waals surface area contributed by atoms with Gasteiger partial charge in [-0.25, -0.2) is 4.98 Å². The van der Waals surface area contributed by atoms with Gasteiger partial charge >= 0.3 is 11.9 Å². The van der Waals surface area contributed by atoms with E-state index in [1.54, 1.807) is 5.38 Å². The molecule has 1 rings (SSSR count). The zero-order chi connectivity index (χ0) is 12.8. The van der Waals surface area contributed by atoms with Crippen LogP contribution in [0, 0.1) is 0 Å². The number of aromatic nitrogens is 1. The van der Waals surface area contributed by atoms with Gasteiger partial charge < -0.3 is 14.4 Å². The maximum Gasteiger partial charge on any atom is 0.325 e. The average molecular weight is 323 g/mol. The number of anilines is 1. The van der Waals surface area contributed by atoms with Crippen LogP contribution < -0.4 is 4.90 Å². The summed E-state index contributed by atoms with van der Waals surface area (Å²) in [6.45, 7) is -0.100. The number of thiazole rings is 1. The van der Waals surface area contributed by atoms with Gasteiger partial charge in [-0.3, -0.25) is 9.59 Å². The van der Waals surface area contributed by atoms with E-state index in [0.717, 1.165) is 0 Å². The molecule has 0 N–H and O–H groups in total. The minimum atomic E-state index is -0.444. The molecule has 0 aromatic carbocycles. The molecule has 0 aliphatic heterocycles. The summed E-state index contributed by atoms with van der Waals surface area (Å²) in [5.74, 6) is -0.888. The second-order valence-corrected chi connectivity index (χ2v) is 4.61. The first-order valence-corrected chi connectivity index (χ1v) is 6.23. The van der Waals surface area contributed by atoms with Gasteiger partial charge in [0.2, 0.25) is 0 Å². The Kier molecular flexibility index (Phi) is 5.36. The van der Waals surface area contributed by atoms with Crippen LogP contribution in [0.1, 0.15) is 0 Å². The van der Waals surface area contributed by atoms with Crippen molar-refractivity contribution in [3.05, 3.63) is 9.98 Å². The summed E-state index contributed by atoms with van der Waals surface area (Å²) >= 11 is 4.52. The van der Waals surface area contributed by atoms with E-state index < -0.39 is 11.9 Å². The van der Waals surface area contributed by atoms with E-state index in [1.807, 2.05) is 0 Å². The molecule has 0 fully saturated rings. The van der Waals surface area contributed by atoms with Crippen LogP contribution in [0.3, 0.4) is 0 Å². The van der Waals surface area contributed by atoms with E-state index in [4.69, 9.17) is 0 Å². The molecule has 0 aliphatic rings. The number of nitrogens with zero attached hydrogens (tertiary/aromatic N) is 2. The maximum absolute atomic E-state index is 11.2. The van der Waals surface area contributed by atoms with Gasteiger partial charge in [0.15, 0.2) is 5.13 Å². The zero-order valence-electron chi connectivity index (χ0n) is 9.31. The van der Waals surface area contributed by atoms with Crippen LogP contribution in [-0.4, -0.2) is 44.2 Å². The molecule has 0 saturated heterocycles. The fourth-order valence-electron chi connectivity index (χ4n) is 1.02. The number of halogens is 1. The van der Waals surface area contributed by atoms with Gasteiger partial charge in [-0.05, 0) is 15.9 Å². The summed E-state index contributed by atoms with van der Waals surface area (Å²) in [6, 6.07) is 0. The minimum absolute atomic E-state index is 0.0500. The molecule has 0 unspecified atom stereocenters. The van der Waals surface area contributed by atoms with Crippen LogP contribution in [0.25, 0.3) is 0 Å². The Morgan fingerprint density at radius 2 is 1.88 bits per heavy atom. The first-order valence-electron chi connectivity index (χ1n) is 4.56. The van der Waals surface area contributed by atoms with E-state index in [2.05, 4.69) is 30.4 Å². The molecule has 0 aliphatic carbocycles. The molecule has 17 heavy (non-hydrogen) atoms. The fraction of sp³-hybridized carbons (Fsp3) is 0.444. The van der Waals surface area contributed by atoms with Gasteiger partial charge in [0.1, 0.15) is 17.7 Å². The van der Waals surface area contributed by atoms with Crippen molar-refractivity contribution in [1.29, 1.82) is 0 Å². The molecule has 0 saturated carbocycles. The van der Waals surface area contributed by atoms with Crippen molar-refractivity contribution < 1.29 is 19.1 Å². The lowest BCUT2D eigenvalue weighted by molar-refractivity contribution is -0.140. The Morgan fingerprint density at radius 3 is 2.24 bits per heavy atom. The Morgan fingerprint density at radius 1 is 1.35 bits per heavy atom. The van der Waals surface area contributed by atoms with Crippen molar-refractivity contribution in [3.63, 3.8) is 0 Å². The Labute approximate surface area is 111 Å². The van der Waals surface area contributed by atoms with Crippen molar-refractivity contribution in [1.82, 2.24) is 4.98 Å². The largest absolute Gasteiger partial charge is 0.468 e. The van der Waals surface area contributed by atoms with Crippen molar-refractivity contribution >= 4 is 44.3 Å². The lowest BCUT2D eigenvalue weighted by Gasteiger charge is -2.18. The Balaban J connectivity index is 2.78. The lowest BCUT2D eigenvalue weighted by Crippen LogP contribution is -2.35. The molecule has 1 aromatic heterocycles. The van der Waals surface area contributed by atoms with Crippen molar-refractivity contribution in [2.75, 3.05) is 32.2 Å². The van der Waals surface area contributed by atoms with Crippen LogP contribution in [0.4, 0.5) is 5.13 Å². The number of esters is 2. The van der Waals surface area contributed by atoms with Gasteiger partial charge in [0.05, 0.1) is 14.2 Å². The second-order valence-electron chi connectivity index (χ2n) is 2.96. The fourth-order valence-corrected chi connectivity index (χ4v) is 2.27. The molecule has 0 radical (unpaired) electrons. The molecule has 0 atom stereocenters. The molecular formula is C9H11BrN2O4S.